The maximum absolute atomic E-state index is 9.59. The van der Waals surface area contributed by atoms with Crippen LogP contribution in [0.25, 0.3) is 0 Å². The standard InChI is InChI=1S/C28H42Cl2N2S2/c1-3-5-7-9-11-13-15-17-19-33-27-25(29)23(21-31)24(22-32)26(30)28(27)34-20-18-16-14-12-10-8-6-4-2/h3-20H2,1-2H3. The quantitative estimate of drug-likeness (QED) is 0.122. The lowest BCUT2D eigenvalue weighted by atomic mass is 10.1. The summed E-state index contributed by atoms with van der Waals surface area (Å²) in [5.74, 6) is 1.90. The van der Waals surface area contributed by atoms with Crippen molar-refractivity contribution in [2.45, 2.75) is 126 Å². The summed E-state index contributed by atoms with van der Waals surface area (Å²) >= 11 is 16.7. The molecule has 0 saturated carbocycles. The molecular formula is C28H42Cl2N2S2. The molecule has 0 spiro atoms. The third-order valence-electron chi connectivity index (χ3n) is 6.01. The first kappa shape index (κ1) is 31.5. The van der Waals surface area contributed by atoms with E-state index in [2.05, 4.69) is 26.0 Å². The van der Waals surface area contributed by atoms with Gasteiger partial charge in [-0.2, -0.15) is 10.5 Å². The van der Waals surface area contributed by atoms with E-state index in [0.29, 0.717) is 10.0 Å². The van der Waals surface area contributed by atoms with Gasteiger partial charge in [0.15, 0.2) is 0 Å². The van der Waals surface area contributed by atoms with Crippen molar-refractivity contribution in [1.29, 1.82) is 10.5 Å². The zero-order chi connectivity index (χ0) is 25.0. The SMILES string of the molecule is CCCCCCCCCCSc1c(Cl)c(C#N)c(C#N)c(Cl)c1SCCCCCCCCCC. The molecule has 2 nitrogen and oxygen atoms in total. The predicted molar refractivity (Wildman–Crippen MR) is 153 cm³/mol. The Morgan fingerprint density at radius 1 is 0.529 bits per heavy atom. The second kappa shape index (κ2) is 20.7. The summed E-state index contributed by atoms with van der Waals surface area (Å²) < 4.78 is 0. The van der Waals surface area contributed by atoms with E-state index in [-0.39, 0.29) is 11.1 Å². The van der Waals surface area contributed by atoms with Crippen LogP contribution in [0.2, 0.25) is 10.0 Å². The summed E-state index contributed by atoms with van der Waals surface area (Å²) in [6.45, 7) is 4.50. The summed E-state index contributed by atoms with van der Waals surface area (Å²) in [5.41, 5.74) is 0.424. The smallest absolute Gasteiger partial charge is 0.102 e. The molecule has 0 aliphatic heterocycles. The van der Waals surface area contributed by atoms with Crippen molar-refractivity contribution in [2.24, 2.45) is 0 Å². The maximum atomic E-state index is 9.59. The molecule has 0 aliphatic rings. The summed E-state index contributed by atoms with van der Waals surface area (Å²) in [4.78, 5) is 1.77. The summed E-state index contributed by atoms with van der Waals surface area (Å²) in [7, 11) is 0. The first-order valence-corrected chi connectivity index (χ1v) is 16.0. The zero-order valence-electron chi connectivity index (χ0n) is 21.2. The van der Waals surface area contributed by atoms with E-state index in [1.807, 2.05) is 0 Å². The molecule has 0 unspecified atom stereocenters. The van der Waals surface area contributed by atoms with Gasteiger partial charge < -0.3 is 0 Å². The number of benzene rings is 1. The van der Waals surface area contributed by atoms with Crippen LogP contribution < -0.4 is 0 Å². The number of hydrogen-bond donors (Lipinski definition) is 0. The fourth-order valence-corrected chi connectivity index (χ4v) is 7.22. The highest BCUT2D eigenvalue weighted by atomic mass is 35.5. The molecule has 0 aromatic heterocycles. The number of nitriles is 2. The van der Waals surface area contributed by atoms with Crippen LogP contribution in [0.5, 0.6) is 0 Å². The lowest BCUT2D eigenvalue weighted by molar-refractivity contribution is 0.586. The van der Waals surface area contributed by atoms with E-state index in [1.165, 1.54) is 89.9 Å². The van der Waals surface area contributed by atoms with E-state index in [4.69, 9.17) is 23.2 Å². The van der Waals surface area contributed by atoms with Gasteiger partial charge in [0, 0.05) is 9.79 Å². The minimum atomic E-state index is 0.212. The van der Waals surface area contributed by atoms with Crippen molar-refractivity contribution >= 4 is 46.7 Å². The third-order valence-corrected chi connectivity index (χ3v) is 9.49. The van der Waals surface area contributed by atoms with E-state index in [9.17, 15) is 10.5 Å². The van der Waals surface area contributed by atoms with Crippen molar-refractivity contribution in [3.63, 3.8) is 0 Å². The third kappa shape index (κ3) is 11.9. The van der Waals surface area contributed by atoms with Gasteiger partial charge >= 0.3 is 0 Å². The minimum absolute atomic E-state index is 0.212. The Balaban J connectivity index is 2.64. The fourth-order valence-electron chi connectivity index (χ4n) is 3.93. The average Bonchev–Trinajstić information content (AvgIpc) is 2.84. The number of hydrogen-bond acceptors (Lipinski definition) is 4. The van der Waals surface area contributed by atoms with E-state index < -0.39 is 0 Å². The highest BCUT2D eigenvalue weighted by Crippen LogP contribution is 2.45. The Hall–Kier alpha value is -0.520. The average molecular weight is 542 g/mol. The van der Waals surface area contributed by atoms with Crippen LogP contribution in [0.1, 0.15) is 128 Å². The van der Waals surface area contributed by atoms with Crippen molar-refractivity contribution in [2.75, 3.05) is 11.5 Å². The van der Waals surface area contributed by atoms with Crippen LogP contribution in [-0.4, -0.2) is 11.5 Å². The van der Waals surface area contributed by atoms with Gasteiger partial charge in [0.2, 0.25) is 0 Å². The van der Waals surface area contributed by atoms with Crippen LogP contribution in [0.4, 0.5) is 0 Å². The molecule has 190 valence electrons. The van der Waals surface area contributed by atoms with Gasteiger partial charge in [-0.1, -0.05) is 127 Å². The highest BCUT2D eigenvalue weighted by Gasteiger charge is 2.22. The summed E-state index contributed by atoms with van der Waals surface area (Å²) in [6.07, 6.45) is 20.5. The van der Waals surface area contributed by atoms with E-state index in [0.717, 1.165) is 34.1 Å². The Kier molecular flexibility index (Phi) is 19.1. The van der Waals surface area contributed by atoms with Crippen LogP contribution in [0.3, 0.4) is 0 Å². The second-order valence-corrected chi connectivity index (χ2v) is 11.9. The Morgan fingerprint density at radius 3 is 1.12 bits per heavy atom. The van der Waals surface area contributed by atoms with Gasteiger partial charge in [-0.25, -0.2) is 0 Å². The van der Waals surface area contributed by atoms with Gasteiger partial charge in [0.25, 0.3) is 0 Å². The number of unbranched alkanes of at least 4 members (excludes halogenated alkanes) is 14. The molecule has 0 saturated heterocycles. The van der Waals surface area contributed by atoms with Crippen LogP contribution in [0, 0.1) is 22.7 Å². The highest BCUT2D eigenvalue weighted by molar-refractivity contribution is 8.02. The maximum Gasteiger partial charge on any atom is 0.102 e. The molecule has 34 heavy (non-hydrogen) atoms. The molecule has 0 bridgehead atoms. The molecule has 0 amide bonds. The van der Waals surface area contributed by atoms with Gasteiger partial charge in [-0.05, 0) is 24.3 Å². The molecule has 0 fully saturated rings. The largest absolute Gasteiger partial charge is 0.192 e. The van der Waals surface area contributed by atoms with Gasteiger partial charge in [0.05, 0.1) is 21.2 Å². The van der Waals surface area contributed by atoms with Crippen molar-refractivity contribution in [3.05, 3.63) is 21.2 Å². The lowest BCUT2D eigenvalue weighted by Gasteiger charge is -2.16. The topological polar surface area (TPSA) is 47.6 Å². The summed E-state index contributed by atoms with van der Waals surface area (Å²) in [5, 5.41) is 20.0. The Labute approximate surface area is 227 Å². The molecule has 1 aromatic rings. The van der Waals surface area contributed by atoms with Crippen molar-refractivity contribution in [1.82, 2.24) is 0 Å². The molecule has 0 radical (unpaired) electrons. The molecule has 0 heterocycles. The summed E-state index contributed by atoms with van der Waals surface area (Å²) in [6, 6.07) is 4.20. The molecule has 0 aliphatic carbocycles. The molecule has 1 aromatic carbocycles. The monoisotopic (exact) mass is 540 g/mol. The van der Waals surface area contributed by atoms with E-state index >= 15 is 0 Å². The number of nitrogens with zero attached hydrogens (tertiary/aromatic N) is 2. The number of thioether (sulfide) groups is 2. The molecule has 1 rings (SSSR count). The van der Waals surface area contributed by atoms with Crippen LogP contribution >= 0.6 is 46.7 Å². The van der Waals surface area contributed by atoms with Crippen molar-refractivity contribution in [3.8, 4) is 12.1 Å². The Bertz CT molecular complexity index is 719. The predicted octanol–water partition coefficient (Wildman–Crippen LogP) is 11.2. The van der Waals surface area contributed by atoms with E-state index in [1.54, 1.807) is 23.5 Å². The second-order valence-electron chi connectivity index (χ2n) is 8.91. The first-order valence-electron chi connectivity index (χ1n) is 13.2. The first-order chi connectivity index (χ1) is 16.6. The zero-order valence-corrected chi connectivity index (χ0v) is 24.3. The van der Waals surface area contributed by atoms with Gasteiger partial charge in [-0.15, -0.1) is 23.5 Å². The number of rotatable bonds is 20. The van der Waals surface area contributed by atoms with Gasteiger partial charge in [-0.3, -0.25) is 0 Å². The van der Waals surface area contributed by atoms with Crippen molar-refractivity contribution < 1.29 is 0 Å². The molecule has 0 atom stereocenters. The number of halogens is 2. The fraction of sp³-hybridized carbons (Fsp3) is 0.714. The van der Waals surface area contributed by atoms with Crippen LogP contribution in [-0.2, 0) is 0 Å². The Morgan fingerprint density at radius 2 is 0.824 bits per heavy atom. The minimum Gasteiger partial charge on any atom is -0.192 e. The van der Waals surface area contributed by atoms with Crippen LogP contribution in [0.15, 0.2) is 9.79 Å². The lowest BCUT2D eigenvalue weighted by Crippen LogP contribution is -1.96. The molecule has 0 N–H and O–H groups in total. The molecule has 6 heteroatoms. The normalized spacial score (nSPS) is 10.9. The molecular weight excluding hydrogens is 499 g/mol. The van der Waals surface area contributed by atoms with Gasteiger partial charge in [0.1, 0.15) is 12.1 Å².